The van der Waals surface area contributed by atoms with Crippen LogP contribution in [-0.2, 0) is 21.5 Å². The number of hydrogen-bond donors (Lipinski definition) is 1. The third kappa shape index (κ3) is 6.23. The molecule has 14 heteroatoms. The number of sulfonamides is 1. The van der Waals surface area contributed by atoms with Crippen molar-refractivity contribution < 1.29 is 21.9 Å². The van der Waals surface area contributed by atoms with E-state index < -0.39 is 41.0 Å². The maximum atomic E-state index is 15.7. The van der Waals surface area contributed by atoms with Crippen LogP contribution in [0.5, 0.6) is 0 Å². The number of aryl methyl sites for hydroxylation is 1. The second-order valence-electron chi connectivity index (χ2n) is 11.0. The van der Waals surface area contributed by atoms with E-state index in [2.05, 4.69) is 39.3 Å². The summed E-state index contributed by atoms with van der Waals surface area (Å²) in [6.07, 6.45) is 7.82. The summed E-state index contributed by atoms with van der Waals surface area (Å²) in [5, 5.41) is 0.103. The Hall–Kier alpha value is -3.65. The first-order valence-corrected chi connectivity index (χ1v) is 18.6. The number of benzene rings is 1. The fourth-order valence-corrected chi connectivity index (χ4v) is 6.61. The largest absolute Gasteiger partial charge is 0.361 e. The molecule has 0 aliphatic heterocycles. The first-order valence-electron chi connectivity index (χ1n) is 13.0. The third-order valence-corrected chi connectivity index (χ3v) is 10.00. The van der Waals surface area contributed by atoms with Crippen LogP contribution in [0.2, 0.25) is 30.7 Å². The average molecular weight is 631 g/mol. The quantitative estimate of drug-likeness (QED) is 0.138. The van der Waals surface area contributed by atoms with Crippen LogP contribution in [-0.4, -0.2) is 47.0 Å². The molecule has 0 saturated carbocycles. The number of nitrogens with one attached hydrogen (secondary N) is 1. The van der Waals surface area contributed by atoms with Crippen molar-refractivity contribution in [2.24, 2.45) is 0 Å². The Bertz CT molecular complexity index is 1890. The molecule has 5 aromatic rings. The van der Waals surface area contributed by atoms with Gasteiger partial charge in [-0.25, -0.2) is 27.2 Å². The highest BCUT2D eigenvalue weighted by molar-refractivity contribution is 7.92. The molecular formula is C28H29ClF2N6O3SSi. The first kappa shape index (κ1) is 29.8. The van der Waals surface area contributed by atoms with Crippen molar-refractivity contribution in [2.45, 2.75) is 44.2 Å². The highest BCUT2D eigenvalue weighted by Crippen LogP contribution is 2.33. The van der Waals surface area contributed by atoms with E-state index in [1.165, 1.54) is 31.7 Å². The van der Waals surface area contributed by atoms with Gasteiger partial charge in [-0.15, -0.1) is 0 Å². The molecule has 0 saturated heterocycles. The van der Waals surface area contributed by atoms with Crippen molar-refractivity contribution in [3.8, 4) is 22.6 Å². The second kappa shape index (κ2) is 11.6. The zero-order chi connectivity index (χ0) is 30.2. The van der Waals surface area contributed by atoms with Crippen LogP contribution in [0.25, 0.3) is 28.2 Å². The molecule has 220 valence electrons. The maximum Gasteiger partial charge on any atom is 0.263 e. The summed E-state index contributed by atoms with van der Waals surface area (Å²) in [4.78, 5) is 12.7. The molecule has 42 heavy (non-hydrogen) atoms. The first-order chi connectivity index (χ1) is 19.8. The van der Waals surface area contributed by atoms with Gasteiger partial charge in [-0.3, -0.25) is 9.71 Å². The van der Waals surface area contributed by atoms with E-state index >= 15 is 4.39 Å². The van der Waals surface area contributed by atoms with Gasteiger partial charge in [-0.2, -0.15) is 0 Å². The molecule has 4 aromatic heterocycles. The van der Waals surface area contributed by atoms with Gasteiger partial charge in [0.25, 0.3) is 10.0 Å². The number of ether oxygens (including phenoxy) is 1. The summed E-state index contributed by atoms with van der Waals surface area (Å²) in [7, 11) is -5.49. The fraction of sp³-hybridized carbons (Fsp3) is 0.250. The average Bonchev–Trinajstić information content (AvgIpc) is 3.55. The number of nitrogens with zero attached hydrogens (tertiary/aromatic N) is 5. The molecule has 4 heterocycles. The zero-order valence-corrected chi connectivity index (χ0v) is 26.0. The molecule has 0 amide bonds. The minimum Gasteiger partial charge on any atom is -0.361 e. The fourth-order valence-electron chi connectivity index (χ4n) is 4.35. The number of aromatic nitrogens is 5. The van der Waals surface area contributed by atoms with Crippen LogP contribution in [0, 0.1) is 18.6 Å². The monoisotopic (exact) mass is 630 g/mol. The van der Waals surface area contributed by atoms with Gasteiger partial charge in [0.05, 0.1) is 27.5 Å². The van der Waals surface area contributed by atoms with E-state index in [-0.39, 0.29) is 21.2 Å². The second-order valence-corrected chi connectivity index (χ2v) is 18.7. The molecule has 9 nitrogen and oxygen atoms in total. The predicted octanol–water partition coefficient (Wildman–Crippen LogP) is 6.61. The molecule has 0 radical (unpaired) electrons. The number of rotatable bonds is 10. The molecule has 0 spiro atoms. The van der Waals surface area contributed by atoms with Gasteiger partial charge in [0, 0.05) is 45.0 Å². The van der Waals surface area contributed by atoms with Gasteiger partial charge < -0.3 is 13.7 Å². The summed E-state index contributed by atoms with van der Waals surface area (Å²) in [5.74, 6) is -1.34. The molecule has 0 aliphatic rings. The van der Waals surface area contributed by atoms with E-state index in [1.54, 1.807) is 22.7 Å². The minimum absolute atomic E-state index is 0.103. The van der Waals surface area contributed by atoms with Gasteiger partial charge in [-0.1, -0.05) is 37.3 Å². The Morgan fingerprint density at radius 1 is 1.10 bits per heavy atom. The number of halogens is 3. The SMILES string of the molecule is Cc1ncc(Cl)cc1S(=O)(=O)Nc1ccc(F)c(-c2ccc3c(-c4nccn4COCC[Si](C)(C)C)ncn3c2)c1F. The zero-order valence-electron chi connectivity index (χ0n) is 23.4. The van der Waals surface area contributed by atoms with Gasteiger partial charge in [0.15, 0.2) is 11.6 Å². The molecule has 1 N–H and O–H groups in total. The molecular weight excluding hydrogens is 602 g/mol. The number of fused-ring (bicyclic) bond motifs is 1. The Balaban J connectivity index is 1.44. The van der Waals surface area contributed by atoms with Crippen LogP contribution < -0.4 is 4.72 Å². The van der Waals surface area contributed by atoms with E-state index in [0.717, 1.165) is 18.2 Å². The van der Waals surface area contributed by atoms with Crippen molar-refractivity contribution >= 4 is 40.9 Å². The van der Waals surface area contributed by atoms with Crippen molar-refractivity contribution in [3.05, 3.63) is 83.8 Å². The van der Waals surface area contributed by atoms with Gasteiger partial charge >= 0.3 is 0 Å². The summed E-state index contributed by atoms with van der Waals surface area (Å²) < 4.78 is 68.3. The van der Waals surface area contributed by atoms with E-state index in [9.17, 15) is 12.8 Å². The van der Waals surface area contributed by atoms with Gasteiger partial charge in [0.2, 0.25) is 0 Å². The van der Waals surface area contributed by atoms with Crippen LogP contribution in [0.1, 0.15) is 5.69 Å². The molecule has 5 rings (SSSR count). The standard InChI is InChI=1S/C28H29ClF2N6O3SSi/c1-18-24(13-20(29)14-33-18)41(38,39)35-22-7-6-21(30)25(26(22)31)19-5-8-23-27(34-16-37(23)15-19)28-32-9-10-36(28)17-40-11-12-42(2,3)4/h5-10,13-16,35H,11-12,17H2,1-4H3. The molecule has 0 aliphatic carbocycles. The van der Waals surface area contributed by atoms with Crippen molar-refractivity contribution in [1.29, 1.82) is 0 Å². The topological polar surface area (TPSA) is 103 Å². The number of pyridine rings is 2. The Labute approximate surface area is 248 Å². The van der Waals surface area contributed by atoms with Gasteiger partial charge in [-0.05, 0) is 37.2 Å². The third-order valence-electron chi connectivity index (χ3n) is 6.61. The van der Waals surface area contributed by atoms with Gasteiger partial charge in [0.1, 0.15) is 29.5 Å². The lowest BCUT2D eigenvalue weighted by Crippen LogP contribution is -2.22. The van der Waals surface area contributed by atoms with Crippen LogP contribution in [0.4, 0.5) is 14.5 Å². The van der Waals surface area contributed by atoms with E-state index in [4.69, 9.17) is 16.3 Å². The highest BCUT2D eigenvalue weighted by atomic mass is 35.5. The summed E-state index contributed by atoms with van der Waals surface area (Å²) >= 11 is 5.92. The summed E-state index contributed by atoms with van der Waals surface area (Å²) in [6, 6.07) is 7.51. The van der Waals surface area contributed by atoms with Crippen molar-refractivity contribution in [3.63, 3.8) is 0 Å². The van der Waals surface area contributed by atoms with Crippen LogP contribution in [0.15, 0.2) is 66.3 Å². The highest BCUT2D eigenvalue weighted by Gasteiger charge is 2.24. The summed E-state index contributed by atoms with van der Waals surface area (Å²) in [6.45, 7) is 9.33. The Morgan fingerprint density at radius 3 is 2.64 bits per heavy atom. The van der Waals surface area contributed by atoms with Crippen LogP contribution in [0.3, 0.4) is 0 Å². The lowest BCUT2D eigenvalue weighted by Gasteiger charge is -2.16. The number of imidazole rings is 2. The molecule has 1 aromatic carbocycles. The maximum absolute atomic E-state index is 15.7. The molecule has 0 fully saturated rings. The molecule has 0 unspecified atom stereocenters. The van der Waals surface area contributed by atoms with E-state index in [1.807, 2.05) is 10.8 Å². The number of anilines is 1. The molecule has 0 bridgehead atoms. The number of hydrogen-bond acceptors (Lipinski definition) is 6. The molecule has 0 atom stereocenters. The lowest BCUT2D eigenvalue weighted by molar-refractivity contribution is 0.0882. The Morgan fingerprint density at radius 2 is 1.88 bits per heavy atom. The normalized spacial score (nSPS) is 12.3. The van der Waals surface area contributed by atoms with Crippen molar-refractivity contribution in [2.75, 3.05) is 11.3 Å². The predicted molar refractivity (Wildman–Crippen MR) is 161 cm³/mol. The minimum atomic E-state index is -4.27. The van der Waals surface area contributed by atoms with Crippen molar-refractivity contribution in [1.82, 2.24) is 23.9 Å². The van der Waals surface area contributed by atoms with Crippen LogP contribution >= 0.6 is 11.6 Å². The van der Waals surface area contributed by atoms with E-state index in [0.29, 0.717) is 30.4 Å². The smallest absolute Gasteiger partial charge is 0.263 e. The summed E-state index contributed by atoms with van der Waals surface area (Å²) in [5.41, 5.74) is 0.776. The Kier molecular flexibility index (Phi) is 8.21. The lowest BCUT2D eigenvalue weighted by atomic mass is 10.0.